The molecule has 102 valence electrons. The van der Waals surface area contributed by atoms with Crippen LogP contribution >= 0.6 is 15.9 Å². The molecule has 0 heterocycles. The average Bonchev–Trinajstić information content (AvgIpc) is 2.44. The molecule has 1 N–H and O–H groups in total. The molecule has 3 heteroatoms. The Labute approximate surface area is 127 Å². The third-order valence-corrected chi connectivity index (χ3v) is 3.55. The summed E-state index contributed by atoms with van der Waals surface area (Å²) in [6.07, 6.45) is 8.16. The van der Waals surface area contributed by atoms with Crippen molar-refractivity contribution in [2.24, 2.45) is 0 Å². The van der Waals surface area contributed by atoms with Crippen molar-refractivity contribution in [2.45, 2.75) is 25.7 Å². The van der Waals surface area contributed by atoms with E-state index in [0.717, 1.165) is 40.2 Å². The van der Waals surface area contributed by atoms with Gasteiger partial charge in [-0.2, -0.15) is 0 Å². The topological polar surface area (TPSA) is 29.1 Å². The smallest absolute Gasteiger partial charge is 0.224 e. The van der Waals surface area contributed by atoms with Gasteiger partial charge in [0.1, 0.15) is 0 Å². The van der Waals surface area contributed by atoms with E-state index in [4.69, 9.17) is 6.42 Å². The van der Waals surface area contributed by atoms with Crippen molar-refractivity contribution in [2.75, 3.05) is 5.32 Å². The zero-order valence-electron chi connectivity index (χ0n) is 11.2. The molecule has 20 heavy (non-hydrogen) atoms. The van der Waals surface area contributed by atoms with Crippen LogP contribution in [0.15, 0.2) is 40.9 Å². The molecule has 0 saturated heterocycles. The number of halogens is 1. The van der Waals surface area contributed by atoms with Gasteiger partial charge in [-0.15, -0.1) is 12.3 Å². The summed E-state index contributed by atoms with van der Waals surface area (Å²) in [5.41, 5.74) is 0.835. The fourth-order valence-electron chi connectivity index (χ4n) is 2.03. The summed E-state index contributed by atoms with van der Waals surface area (Å²) in [5, 5.41) is 5.18. The zero-order valence-corrected chi connectivity index (χ0v) is 12.7. The number of terminal acetylenes is 1. The molecule has 0 radical (unpaired) electrons. The Morgan fingerprint density at radius 1 is 1.15 bits per heavy atom. The van der Waals surface area contributed by atoms with Crippen molar-refractivity contribution < 1.29 is 4.79 Å². The van der Waals surface area contributed by atoms with Crippen LogP contribution in [-0.4, -0.2) is 5.91 Å². The van der Waals surface area contributed by atoms with Gasteiger partial charge in [0.05, 0.1) is 0 Å². The number of hydrogen-bond donors (Lipinski definition) is 1. The van der Waals surface area contributed by atoms with Crippen LogP contribution in [0.1, 0.15) is 25.7 Å². The van der Waals surface area contributed by atoms with Gasteiger partial charge in [0.15, 0.2) is 0 Å². The van der Waals surface area contributed by atoms with Crippen LogP contribution in [0, 0.1) is 12.3 Å². The van der Waals surface area contributed by atoms with E-state index in [9.17, 15) is 4.79 Å². The fourth-order valence-corrected chi connectivity index (χ4v) is 2.41. The number of amides is 1. The monoisotopic (exact) mass is 329 g/mol. The molecule has 0 spiro atoms. The first-order valence-corrected chi connectivity index (χ1v) is 7.41. The molecule has 0 aliphatic rings. The Kier molecular flexibility index (Phi) is 5.20. The van der Waals surface area contributed by atoms with Crippen molar-refractivity contribution in [1.29, 1.82) is 0 Å². The van der Waals surface area contributed by atoms with Crippen LogP contribution in [0.4, 0.5) is 5.69 Å². The van der Waals surface area contributed by atoms with Crippen molar-refractivity contribution in [1.82, 2.24) is 0 Å². The van der Waals surface area contributed by atoms with E-state index in [1.165, 1.54) is 0 Å². The number of anilines is 1. The lowest BCUT2D eigenvalue weighted by Gasteiger charge is -2.06. The number of nitrogens with one attached hydrogen (secondary N) is 1. The lowest BCUT2D eigenvalue weighted by atomic mass is 10.1. The number of carbonyl (C=O) groups is 1. The van der Waals surface area contributed by atoms with Crippen LogP contribution in [0.3, 0.4) is 0 Å². The second-order valence-corrected chi connectivity index (χ2v) is 5.58. The Morgan fingerprint density at radius 3 is 2.70 bits per heavy atom. The minimum absolute atomic E-state index is 0.0403. The molecule has 0 bridgehead atoms. The van der Waals surface area contributed by atoms with E-state index in [2.05, 4.69) is 33.2 Å². The van der Waals surface area contributed by atoms with E-state index >= 15 is 0 Å². The van der Waals surface area contributed by atoms with E-state index < -0.39 is 0 Å². The maximum absolute atomic E-state index is 11.8. The summed E-state index contributed by atoms with van der Waals surface area (Å²) in [7, 11) is 0. The van der Waals surface area contributed by atoms with Crippen molar-refractivity contribution in [3.05, 3.63) is 40.9 Å². The molecule has 2 rings (SSSR count). The largest absolute Gasteiger partial charge is 0.326 e. The molecule has 0 atom stereocenters. The van der Waals surface area contributed by atoms with Gasteiger partial charge in [0.2, 0.25) is 5.91 Å². The van der Waals surface area contributed by atoms with Crippen LogP contribution in [0.5, 0.6) is 0 Å². The Hall–Kier alpha value is -1.79. The Bertz CT molecular complexity index is 658. The number of fused-ring (bicyclic) bond motifs is 1. The standard InChI is InChI=1S/C17H16BrNO/c1-2-3-4-5-6-17(20)19-16-10-8-13-11-15(18)9-7-14(13)12-16/h1,7-12H,3-6H2,(H,19,20). The molecule has 0 unspecified atom stereocenters. The highest BCUT2D eigenvalue weighted by atomic mass is 79.9. The van der Waals surface area contributed by atoms with Crippen molar-refractivity contribution in [3.63, 3.8) is 0 Å². The molecular formula is C17H16BrNO. The molecule has 0 aliphatic heterocycles. The SMILES string of the molecule is C#CCCCCC(=O)Nc1ccc2cc(Br)ccc2c1. The van der Waals surface area contributed by atoms with Crippen LogP contribution in [-0.2, 0) is 4.79 Å². The van der Waals surface area contributed by atoms with E-state index in [1.54, 1.807) is 0 Å². The number of hydrogen-bond acceptors (Lipinski definition) is 1. The van der Waals surface area contributed by atoms with Gasteiger partial charge in [0, 0.05) is 23.0 Å². The predicted octanol–water partition coefficient (Wildman–Crippen LogP) is 4.73. The number of rotatable bonds is 5. The van der Waals surface area contributed by atoms with Crippen LogP contribution in [0.25, 0.3) is 10.8 Å². The minimum atomic E-state index is 0.0403. The van der Waals surface area contributed by atoms with Gasteiger partial charge in [-0.05, 0) is 47.9 Å². The average molecular weight is 330 g/mol. The third kappa shape index (κ3) is 4.11. The minimum Gasteiger partial charge on any atom is -0.326 e. The fraction of sp³-hybridized carbons (Fsp3) is 0.235. The van der Waals surface area contributed by atoms with Gasteiger partial charge in [0.25, 0.3) is 0 Å². The van der Waals surface area contributed by atoms with E-state index in [0.29, 0.717) is 6.42 Å². The predicted molar refractivity (Wildman–Crippen MR) is 87.6 cm³/mol. The lowest BCUT2D eigenvalue weighted by molar-refractivity contribution is -0.116. The highest BCUT2D eigenvalue weighted by molar-refractivity contribution is 9.10. The van der Waals surface area contributed by atoms with E-state index in [1.807, 2.05) is 30.3 Å². The van der Waals surface area contributed by atoms with Crippen LogP contribution < -0.4 is 5.32 Å². The van der Waals surface area contributed by atoms with Gasteiger partial charge < -0.3 is 5.32 Å². The molecule has 0 saturated carbocycles. The highest BCUT2D eigenvalue weighted by Crippen LogP contribution is 2.23. The Morgan fingerprint density at radius 2 is 1.90 bits per heavy atom. The molecule has 0 aliphatic carbocycles. The van der Waals surface area contributed by atoms with Crippen LogP contribution in [0.2, 0.25) is 0 Å². The normalized spacial score (nSPS) is 10.2. The molecule has 2 aromatic carbocycles. The summed E-state index contributed by atoms with van der Waals surface area (Å²) in [5.74, 6) is 2.62. The van der Waals surface area contributed by atoms with E-state index in [-0.39, 0.29) is 5.91 Å². The maximum atomic E-state index is 11.8. The highest BCUT2D eigenvalue weighted by Gasteiger charge is 2.03. The molecular weight excluding hydrogens is 314 g/mol. The third-order valence-electron chi connectivity index (χ3n) is 3.06. The maximum Gasteiger partial charge on any atom is 0.224 e. The number of unbranched alkanes of at least 4 members (excludes halogenated alkanes) is 2. The summed E-state index contributed by atoms with van der Waals surface area (Å²) < 4.78 is 1.05. The molecule has 0 aromatic heterocycles. The van der Waals surface area contributed by atoms with Gasteiger partial charge in [-0.3, -0.25) is 4.79 Å². The van der Waals surface area contributed by atoms with Gasteiger partial charge in [-0.1, -0.05) is 28.1 Å². The lowest BCUT2D eigenvalue weighted by Crippen LogP contribution is -2.10. The number of carbonyl (C=O) groups excluding carboxylic acids is 1. The summed E-state index contributed by atoms with van der Waals surface area (Å²) in [6, 6.07) is 12.0. The molecule has 1 amide bonds. The van der Waals surface area contributed by atoms with Gasteiger partial charge >= 0.3 is 0 Å². The Balaban J connectivity index is 1.98. The molecule has 0 fully saturated rings. The first-order chi connectivity index (χ1) is 9.69. The summed E-state index contributed by atoms with van der Waals surface area (Å²) >= 11 is 3.45. The second kappa shape index (κ2) is 7.12. The molecule has 2 nitrogen and oxygen atoms in total. The molecule has 2 aromatic rings. The van der Waals surface area contributed by atoms with Crippen molar-refractivity contribution in [3.8, 4) is 12.3 Å². The second-order valence-electron chi connectivity index (χ2n) is 4.67. The number of benzene rings is 2. The first-order valence-electron chi connectivity index (χ1n) is 6.61. The zero-order chi connectivity index (χ0) is 14.4. The summed E-state index contributed by atoms with van der Waals surface area (Å²) in [6.45, 7) is 0. The summed E-state index contributed by atoms with van der Waals surface area (Å²) in [4.78, 5) is 11.8. The van der Waals surface area contributed by atoms with Crippen molar-refractivity contribution >= 4 is 38.3 Å². The van der Waals surface area contributed by atoms with Gasteiger partial charge in [-0.25, -0.2) is 0 Å². The first kappa shape index (κ1) is 14.6. The quantitative estimate of drug-likeness (QED) is 0.623.